The lowest BCUT2D eigenvalue weighted by Crippen LogP contribution is -2.36. The zero-order chi connectivity index (χ0) is 16.2. The molecule has 7 heteroatoms. The second kappa shape index (κ2) is 6.78. The molecular weight excluding hydrogens is 314 g/mol. The minimum absolute atomic E-state index is 0.0892. The number of anilines is 1. The van der Waals surface area contributed by atoms with Gasteiger partial charge in [-0.15, -0.1) is 11.3 Å². The Morgan fingerprint density at radius 3 is 2.91 bits per heavy atom. The Bertz CT molecular complexity index is 702. The minimum atomic E-state index is -0.419. The molecule has 2 aromatic heterocycles. The summed E-state index contributed by atoms with van der Waals surface area (Å²) in [4.78, 5) is 31.0. The van der Waals surface area contributed by atoms with Crippen LogP contribution in [0.25, 0.3) is 0 Å². The first kappa shape index (κ1) is 15.5. The molecule has 6 nitrogen and oxygen atoms in total. The average molecular weight is 331 g/mol. The lowest BCUT2D eigenvalue weighted by atomic mass is 10.2. The predicted octanol–water partition coefficient (Wildman–Crippen LogP) is 1.94. The first-order chi connectivity index (χ1) is 11.2. The first-order valence-corrected chi connectivity index (χ1v) is 8.13. The number of esters is 1. The van der Waals surface area contributed by atoms with E-state index in [1.165, 1.54) is 7.11 Å². The highest BCUT2D eigenvalue weighted by molar-refractivity contribution is 7.15. The smallest absolute Gasteiger partial charge is 0.348 e. The number of carbonyl (C=O) groups is 2. The van der Waals surface area contributed by atoms with E-state index in [4.69, 9.17) is 0 Å². The molecule has 1 aliphatic rings. The Labute approximate surface area is 138 Å². The second-order valence-corrected chi connectivity index (χ2v) is 6.36. The Morgan fingerprint density at radius 1 is 1.35 bits per heavy atom. The number of carbonyl (C=O) groups excluding carboxylic acids is 2. The van der Waals surface area contributed by atoms with Gasteiger partial charge in [-0.3, -0.25) is 9.78 Å². The molecule has 1 N–H and O–H groups in total. The summed E-state index contributed by atoms with van der Waals surface area (Å²) in [5.41, 5.74) is 1.06. The van der Waals surface area contributed by atoms with Crippen molar-refractivity contribution in [1.29, 1.82) is 0 Å². The third kappa shape index (κ3) is 3.50. The number of nitrogens with zero attached hydrogens (tertiary/aromatic N) is 2. The highest BCUT2D eigenvalue weighted by Gasteiger charge is 2.25. The summed E-state index contributed by atoms with van der Waals surface area (Å²) in [5.74, 6) is -0.569. The molecule has 0 unspecified atom stereocenters. The lowest BCUT2D eigenvalue weighted by molar-refractivity contribution is 0.0606. The molecule has 0 aliphatic carbocycles. The summed E-state index contributed by atoms with van der Waals surface area (Å²) in [6, 6.07) is 7.27. The van der Waals surface area contributed by atoms with E-state index < -0.39 is 5.97 Å². The summed E-state index contributed by atoms with van der Waals surface area (Å²) in [7, 11) is 1.33. The number of thiophene rings is 1. The van der Waals surface area contributed by atoms with Crippen LogP contribution in [0.2, 0.25) is 0 Å². The second-order valence-electron chi connectivity index (χ2n) is 5.27. The van der Waals surface area contributed by atoms with Crippen LogP contribution >= 0.6 is 11.3 Å². The van der Waals surface area contributed by atoms with Crippen molar-refractivity contribution in [2.75, 3.05) is 25.1 Å². The van der Waals surface area contributed by atoms with Gasteiger partial charge in [-0.05, 0) is 30.7 Å². The number of pyridine rings is 1. The van der Waals surface area contributed by atoms with Gasteiger partial charge in [-0.25, -0.2) is 4.79 Å². The monoisotopic (exact) mass is 331 g/mol. The van der Waals surface area contributed by atoms with Gasteiger partial charge in [0, 0.05) is 25.3 Å². The molecule has 1 atom stereocenters. The van der Waals surface area contributed by atoms with Crippen molar-refractivity contribution >= 4 is 28.9 Å². The summed E-state index contributed by atoms with van der Waals surface area (Å²) in [5, 5.41) is 3.02. The van der Waals surface area contributed by atoms with E-state index >= 15 is 0 Å². The van der Waals surface area contributed by atoms with Crippen LogP contribution in [-0.2, 0) is 4.74 Å². The van der Waals surface area contributed by atoms with Gasteiger partial charge in [0.25, 0.3) is 5.91 Å². The molecule has 1 fully saturated rings. The molecule has 120 valence electrons. The highest BCUT2D eigenvalue weighted by atomic mass is 32.1. The van der Waals surface area contributed by atoms with E-state index in [0.717, 1.165) is 36.5 Å². The molecule has 0 radical (unpaired) electrons. The van der Waals surface area contributed by atoms with Crippen molar-refractivity contribution < 1.29 is 14.3 Å². The van der Waals surface area contributed by atoms with Gasteiger partial charge >= 0.3 is 5.97 Å². The van der Waals surface area contributed by atoms with E-state index in [9.17, 15) is 9.59 Å². The van der Waals surface area contributed by atoms with Crippen LogP contribution in [0.15, 0.2) is 36.7 Å². The standard InChI is InChI=1S/C16H17N3O3S/c1-22-16(21)14-5-4-13(23-14)15(20)18-11-6-8-19(10-11)12-3-2-7-17-9-12/h2-5,7,9,11H,6,8,10H2,1H3,(H,18,20)/t11-/m1/s1. The van der Waals surface area contributed by atoms with Crippen molar-refractivity contribution in [3.63, 3.8) is 0 Å². The molecule has 0 aromatic carbocycles. The molecule has 2 aromatic rings. The third-order valence-electron chi connectivity index (χ3n) is 3.75. The average Bonchev–Trinajstić information content (AvgIpc) is 3.24. The SMILES string of the molecule is COC(=O)c1ccc(C(=O)N[C@@H]2CCN(c3cccnc3)C2)s1. The molecule has 0 spiro atoms. The van der Waals surface area contributed by atoms with Gasteiger partial charge < -0.3 is 15.0 Å². The fraction of sp³-hybridized carbons (Fsp3) is 0.312. The highest BCUT2D eigenvalue weighted by Crippen LogP contribution is 2.21. The fourth-order valence-electron chi connectivity index (χ4n) is 2.58. The first-order valence-electron chi connectivity index (χ1n) is 7.31. The lowest BCUT2D eigenvalue weighted by Gasteiger charge is -2.18. The third-order valence-corrected chi connectivity index (χ3v) is 4.81. The van der Waals surface area contributed by atoms with Crippen molar-refractivity contribution in [3.8, 4) is 0 Å². The maximum absolute atomic E-state index is 12.3. The zero-order valence-corrected chi connectivity index (χ0v) is 13.5. The van der Waals surface area contributed by atoms with Gasteiger partial charge in [-0.2, -0.15) is 0 Å². The number of nitrogens with one attached hydrogen (secondary N) is 1. The quantitative estimate of drug-likeness (QED) is 0.867. The molecule has 23 heavy (non-hydrogen) atoms. The van der Waals surface area contributed by atoms with Crippen LogP contribution in [0.3, 0.4) is 0 Å². The van der Waals surface area contributed by atoms with Gasteiger partial charge in [0.15, 0.2) is 0 Å². The maximum atomic E-state index is 12.3. The van der Waals surface area contributed by atoms with Crippen molar-refractivity contribution in [3.05, 3.63) is 46.4 Å². The van der Waals surface area contributed by atoms with E-state index in [2.05, 4.69) is 19.9 Å². The zero-order valence-electron chi connectivity index (χ0n) is 12.7. The molecular formula is C16H17N3O3S. The van der Waals surface area contributed by atoms with Gasteiger partial charge in [-0.1, -0.05) is 0 Å². The number of rotatable bonds is 4. The van der Waals surface area contributed by atoms with Crippen molar-refractivity contribution in [1.82, 2.24) is 10.3 Å². The number of hydrogen-bond acceptors (Lipinski definition) is 6. The molecule has 3 rings (SSSR count). The van der Waals surface area contributed by atoms with Crippen LogP contribution in [0.1, 0.15) is 25.8 Å². The summed E-state index contributed by atoms with van der Waals surface area (Å²) < 4.78 is 4.65. The van der Waals surface area contributed by atoms with E-state index in [0.29, 0.717) is 9.75 Å². The van der Waals surface area contributed by atoms with Crippen LogP contribution < -0.4 is 10.2 Å². The molecule has 1 saturated heterocycles. The number of amides is 1. The summed E-state index contributed by atoms with van der Waals surface area (Å²) >= 11 is 1.14. The maximum Gasteiger partial charge on any atom is 0.348 e. The van der Waals surface area contributed by atoms with Gasteiger partial charge in [0.1, 0.15) is 4.88 Å². The Kier molecular flexibility index (Phi) is 4.57. The number of aromatic nitrogens is 1. The fourth-order valence-corrected chi connectivity index (χ4v) is 3.41. The van der Waals surface area contributed by atoms with E-state index in [1.807, 2.05) is 18.3 Å². The van der Waals surface area contributed by atoms with Gasteiger partial charge in [0.05, 0.1) is 23.9 Å². The van der Waals surface area contributed by atoms with Crippen LogP contribution in [-0.4, -0.2) is 43.1 Å². The normalized spacial score (nSPS) is 17.1. The molecule has 1 amide bonds. The molecule has 1 aliphatic heterocycles. The molecule has 3 heterocycles. The largest absolute Gasteiger partial charge is 0.465 e. The van der Waals surface area contributed by atoms with E-state index in [-0.39, 0.29) is 11.9 Å². The molecule has 0 bridgehead atoms. The van der Waals surface area contributed by atoms with Crippen LogP contribution in [0, 0.1) is 0 Å². The van der Waals surface area contributed by atoms with Crippen LogP contribution in [0.5, 0.6) is 0 Å². The summed E-state index contributed by atoms with van der Waals surface area (Å²) in [6.45, 7) is 1.64. The van der Waals surface area contributed by atoms with Crippen molar-refractivity contribution in [2.45, 2.75) is 12.5 Å². The number of hydrogen-bond donors (Lipinski definition) is 1. The Morgan fingerprint density at radius 2 is 2.17 bits per heavy atom. The summed E-state index contributed by atoms with van der Waals surface area (Å²) in [6.07, 6.45) is 4.45. The van der Waals surface area contributed by atoms with Gasteiger partial charge in [0.2, 0.25) is 0 Å². The number of ether oxygens (including phenoxy) is 1. The Hall–Kier alpha value is -2.41. The van der Waals surface area contributed by atoms with Crippen LogP contribution in [0.4, 0.5) is 5.69 Å². The van der Waals surface area contributed by atoms with Crippen molar-refractivity contribution in [2.24, 2.45) is 0 Å². The topological polar surface area (TPSA) is 71.5 Å². The number of methoxy groups -OCH3 is 1. The Balaban J connectivity index is 1.59. The van der Waals surface area contributed by atoms with E-state index in [1.54, 1.807) is 18.3 Å². The minimum Gasteiger partial charge on any atom is -0.465 e. The predicted molar refractivity (Wildman–Crippen MR) is 88.0 cm³/mol. The molecule has 0 saturated carbocycles.